The summed E-state index contributed by atoms with van der Waals surface area (Å²) in [7, 11) is 0. The molecule has 0 fully saturated rings. The fourth-order valence-corrected chi connectivity index (χ4v) is 2.38. The Morgan fingerprint density at radius 3 is 2.48 bits per heavy atom. The second kappa shape index (κ2) is 7.74. The molecule has 0 aliphatic carbocycles. The van der Waals surface area contributed by atoms with Gasteiger partial charge in [0.25, 0.3) is 0 Å². The number of aromatic nitrogens is 2. The number of carbonyl (C=O) groups excluding carboxylic acids is 1. The lowest BCUT2D eigenvalue weighted by Crippen LogP contribution is -2.24. The fraction of sp³-hybridized carbons (Fsp3) is 0.412. The van der Waals surface area contributed by atoms with Gasteiger partial charge in [-0.2, -0.15) is 0 Å². The van der Waals surface area contributed by atoms with Crippen LogP contribution in [0.5, 0.6) is 0 Å². The molecule has 0 saturated heterocycles. The summed E-state index contributed by atoms with van der Waals surface area (Å²) in [4.78, 5) is 18.5. The Bertz CT molecular complexity index is 542. The van der Waals surface area contributed by atoms with Crippen LogP contribution in [0.4, 0.5) is 0 Å². The Morgan fingerprint density at radius 1 is 1.19 bits per heavy atom. The largest absolute Gasteiger partial charge is 0.306 e. The Hall–Kier alpha value is -1.94. The van der Waals surface area contributed by atoms with Gasteiger partial charge in [0.2, 0.25) is 0 Å². The van der Waals surface area contributed by atoms with E-state index in [0.717, 1.165) is 37.3 Å². The van der Waals surface area contributed by atoms with Crippen LogP contribution < -0.4 is 0 Å². The number of carbonyl (C=O) groups is 1. The summed E-state index contributed by atoms with van der Waals surface area (Å²) in [6, 6.07) is 7.71. The first-order valence-corrected chi connectivity index (χ1v) is 7.58. The van der Waals surface area contributed by atoms with Crippen molar-refractivity contribution in [3.8, 4) is 5.69 Å². The normalized spacial score (nSPS) is 11.0. The molecule has 2 rings (SSSR count). The maximum absolute atomic E-state index is 12.2. The molecule has 0 N–H and O–H groups in total. The van der Waals surface area contributed by atoms with Gasteiger partial charge < -0.3 is 9.47 Å². The lowest BCUT2D eigenvalue weighted by Gasteiger charge is -2.17. The molecule has 2 aromatic rings. The summed E-state index contributed by atoms with van der Waals surface area (Å²) < 4.78 is 1.93. The molecule has 1 aromatic heterocycles. The first kappa shape index (κ1) is 15.4. The Morgan fingerprint density at radius 2 is 1.90 bits per heavy atom. The first-order chi connectivity index (χ1) is 10.2. The predicted octanol–water partition coefficient (Wildman–Crippen LogP) is 3.18. The van der Waals surface area contributed by atoms with Gasteiger partial charge in [-0.25, -0.2) is 4.98 Å². The first-order valence-electron chi connectivity index (χ1n) is 7.58. The lowest BCUT2D eigenvalue weighted by atomic mass is 10.1. The average molecular weight is 285 g/mol. The van der Waals surface area contributed by atoms with Gasteiger partial charge in [0, 0.05) is 30.1 Å². The van der Waals surface area contributed by atoms with Crippen LogP contribution in [0.25, 0.3) is 5.69 Å². The van der Waals surface area contributed by atoms with Crippen molar-refractivity contribution >= 4 is 5.78 Å². The van der Waals surface area contributed by atoms with Gasteiger partial charge in [0.1, 0.15) is 0 Å². The molecular weight excluding hydrogens is 262 g/mol. The maximum Gasteiger partial charge on any atom is 0.162 e. The van der Waals surface area contributed by atoms with Crippen LogP contribution >= 0.6 is 0 Å². The third-order valence-corrected chi connectivity index (χ3v) is 3.76. The van der Waals surface area contributed by atoms with E-state index in [1.807, 2.05) is 35.0 Å². The zero-order valence-electron chi connectivity index (χ0n) is 12.8. The number of imidazole rings is 1. The van der Waals surface area contributed by atoms with E-state index >= 15 is 0 Å². The summed E-state index contributed by atoms with van der Waals surface area (Å²) >= 11 is 0. The molecule has 0 saturated carbocycles. The number of ketones is 1. The van der Waals surface area contributed by atoms with Gasteiger partial charge in [-0.3, -0.25) is 4.79 Å². The molecular formula is C17H23N3O. The van der Waals surface area contributed by atoms with Crippen molar-refractivity contribution in [3.63, 3.8) is 0 Å². The second-order valence-corrected chi connectivity index (χ2v) is 5.07. The van der Waals surface area contributed by atoms with E-state index in [2.05, 4.69) is 23.7 Å². The number of hydrogen-bond donors (Lipinski definition) is 0. The molecule has 0 spiro atoms. The van der Waals surface area contributed by atoms with Crippen LogP contribution in [-0.2, 0) is 0 Å². The average Bonchev–Trinajstić information content (AvgIpc) is 3.06. The Labute approximate surface area is 126 Å². The topological polar surface area (TPSA) is 38.1 Å². The predicted molar refractivity (Wildman–Crippen MR) is 84.9 cm³/mol. The van der Waals surface area contributed by atoms with E-state index in [1.54, 1.807) is 12.5 Å². The molecule has 1 aromatic carbocycles. The summed E-state index contributed by atoms with van der Waals surface area (Å²) in [5, 5.41) is 0. The van der Waals surface area contributed by atoms with Crippen molar-refractivity contribution in [1.29, 1.82) is 0 Å². The molecule has 0 aliphatic heterocycles. The minimum atomic E-state index is 0.222. The smallest absolute Gasteiger partial charge is 0.162 e. The molecule has 21 heavy (non-hydrogen) atoms. The van der Waals surface area contributed by atoms with Gasteiger partial charge in [0.15, 0.2) is 5.78 Å². The van der Waals surface area contributed by atoms with Gasteiger partial charge in [-0.05, 0) is 50.3 Å². The molecule has 0 atom stereocenters. The number of Topliss-reactive ketones (excluding diaryl/α,β-unsaturated/α-hetero) is 1. The van der Waals surface area contributed by atoms with Crippen LogP contribution in [0, 0.1) is 0 Å². The lowest BCUT2D eigenvalue weighted by molar-refractivity contribution is 0.0975. The number of benzene rings is 1. The van der Waals surface area contributed by atoms with Crippen molar-refractivity contribution in [2.75, 3.05) is 19.6 Å². The molecule has 0 radical (unpaired) electrons. The second-order valence-electron chi connectivity index (χ2n) is 5.07. The van der Waals surface area contributed by atoms with E-state index in [9.17, 15) is 4.79 Å². The maximum atomic E-state index is 12.2. The van der Waals surface area contributed by atoms with Crippen molar-refractivity contribution < 1.29 is 4.79 Å². The third-order valence-electron chi connectivity index (χ3n) is 3.76. The summed E-state index contributed by atoms with van der Waals surface area (Å²) in [5.41, 5.74) is 1.81. The highest BCUT2D eigenvalue weighted by Crippen LogP contribution is 2.12. The Balaban J connectivity index is 1.88. The van der Waals surface area contributed by atoms with E-state index in [4.69, 9.17) is 0 Å². The standard InChI is InChI=1S/C17H23N3O/c1-3-19(4-2)12-5-6-17(21)15-7-9-16(10-8-15)20-13-11-18-14-20/h7-11,13-14H,3-6,12H2,1-2H3. The zero-order chi connectivity index (χ0) is 15.1. The molecule has 0 unspecified atom stereocenters. The van der Waals surface area contributed by atoms with Crippen molar-refractivity contribution in [2.45, 2.75) is 26.7 Å². The van der Waals surface area contributed by atoms with Crippen LogP contribution in [0.1, 0.15) is 37.0 Å². The fourth-order valence-electron chi connectivity index (χ4n) is 2.38. The molecule has 4 heteroatoms. The van der Waals surface area contributed by atoms with Crippen LogP contribution in [0.3, 0.4) is 0 Å². The SMILES string of the molecule is CCN(CC)CCCC(=O)c1ccc(-n2ccnc2)cc1. The summed E-state index contributed by atoms with van der Waals surface area (Å²) in [6.45, 7) is 7.39. The van der Waals surface area contributed by atoms with Crippen LogP contribution in [0.15, 0.2) is 43.0 Å². The third kappa shape index (κ3) is 4.26. The van der Waals surface area contributed by atoms with Gasteiger partial charge in [-0.1, -0.05) is 13.8 Å². The molecule has 1 heterocycles. The van der Waals surface area contributed by atoms with Crippen molar-refractivity contribution in [3.05, 3.63) is 48.5 Å². The molecule has 4 nitrogen and oxygen atoms in total. The highest BCUT2D eigenvalue weighted by molar-refractivity contribution is 5.96. The van der Waals surface area contributed by atoms with Crippen molar-refractivity contribution in [2.24, 2.45) is 0 Å². The Kier molecular flexibility index (Phi) is 5.69. The van der Waals surface area contributed by atoms with E-state index < -0.39 is 0 Å². The van der Waals surface area contributed by atoms with Gasteiger partial charge >= 0.3 is 0 Å². The minimum absolute atomic E-state index is 0.222. The summed E-state index contributed by atoms with van der Waals surface area (Å²) in [5.74, 6) is 0.222. The highest BCUT2D eigenvalue weighted by atomic mass is 16.1. The zero-order valence-corrected chi connectivity index (χ0v) is 12.8. The summed E-state index contributed by atoms with van der Waals surface area (Å²) in [6.07, 6.45) is 6.92. The van der Waals surface area contributed by atoms with Crippen LogP contribution in [-0.4, -0.2) is 39.9 Å². The number of nitrogens with zero attached hydrogens (tertiary/aromatic N) is 3. The van der Waals surface area contributed by atoms with E-state index in [1.165, 1.54) is 0 Å². The molecule has 0 bridgehead atoms. The van der Waals surface area contributed by atoms with Gasteiger partial charge in [-0.15, -0.1) is 0 Å². The molecule has 0 aliphatic rings. The highest BCUT2D eigenvalue weighted by Gasteiger charge is 2.07. The molecule has 0 amide bonds. The van der Waals surface area contributed by atoms with Gasteiger partial charge in [0.05, 0.1) is 6.33 Å². The van der Waals surface area contributed by atoms with E-state index in [0.29, 0.717) is 6.42 Å². The molecule has 112 valence electrons. The minimum Gasteiger partial charge on any atom is -0.306 e. The monoisotopic (exact) mass is 285 g/mol. The number of hydrogen-bond acceptors (Lipinski definition) is 3. The van der Waals surface area contributed by atoms with Crippen LogP contribution in [0.2, 0.25) is 0 Å². The van der Waals surface area contributed by atoms with Crippen molar-refractivity contribution in [1.82, 2.24) is 14.5 Å². The number of rotatable bonds is 8. The van der Waals surface area contributed by atoms with E-state index in [-0.39, 0.29) is 5.78 Å². The quantitative estimate of drug-likeness (QED) is 0.699.